The van der Waals surface area contributed by atoms with Crippen molar-refractivity contribution in [1.29, 1.82) is 0 Å². The number of ether oxygens (including phenoxy) is 1. The molecule has 1 amide bonds. The van der Waals surface area contributed by atoms with E-state index in [2.05, 4.69) is 15.2 Å². The maximum atomic E-state index is 12.6. The van der Waals surface area contributed by atoms with Crippen LogP contribution in [0.5, 0.6) is 5.75 Å². The lowest BCUT2D eigenvalue weighted by atomic mass is 10.2. The number of nitrogens with one attached hydrogen (secondary N) is 1. The van der Waals surface area contributed by atoms with Crippen LogP contribution in [-0.2, 0) is 10.0 Å². The van der Waals surface area contributed by atoms with Crippen LogP contribution in [0.3, 0.4) is 0 Å². The van der Waals surface area contributed by atoms with Crippen LogP contribution in [0, 0.1) is 0 Å². The number of anilines is 1. The van der Waals surface area contributed by atoms with Gasteiger partial charge in [0.1, 0.15) is 11.6 Å². The summed E-state index contributed by atoms with van der Waals surface area (Å²) in [4.78, 5) is 18.5. The molecule has 0 saturated carbocycles. The van der Waals surface area contributed by atoms with Crippen molar-refractivity contribution in [3.05, 3.63) is 54.2 Å². The summed E-state index contributed by atoms with van der Waals surface area (Å²) in [6, 6.07) is 12.5. The maximum absolute atomic E-state index is 12.6. The molecule has 0 bridgehead atoms. The minimum atomic E-state index is -3.34. The van der Waals surface area contributed by atoms with E-state index in [9.17, 15) is 13.2 Å². The number of benzene rings is 1. The van der Waals surface area contributed by atoms with Gasteiger partial charge < -0.3 is 15.0 Å². The lowest BCUT2D eigenvalue weighted by molar-refractivity contribution is 0.0953. The third-order valence-corrected chi connectivity index (χ3v) is 6.78. The lowest BCUT2D eigenvalue weighted by Gasteiger charge is -2.34. The number of aromatic nitrogens is 1. The summed E-state index contributed by atoms with van der Waals surface area (Å²) >= 11 is 0. The topological polar surface area (TPSA) is 91.8 Å². The molecule has 156 valence electrons. The highest BCUT2D eigenvalue weighted by atomic mass is 32.2. The van der Waals surface area contributed by atoms with E-state index in [1.807, 2.05) is 18.2 Å². The summed E-state index contributed by atoms with van der Waals surface area (Å²) in [6.45, 7) is 2.42. The van der Waals surface area contributed by atoms with Gasteiger partial charge in [-0.1, -0.05) is 6.07 Å². The van der Waals surface area contributed by atoms with Gasteiger partial charge >= 0.3 is 0 Å². The molecule has 1 aliphatic heterocycles. The Kier molecular flexibility index (Phi) is 7.05. The Labute approximate surface area is 171 Å². The van der Waals surface area contributed by atoms with Crippen LogP contribution in [0.1, 0.15) is 16.8 Å². The molecule has 0 unspecified atom stereocenters. The second-order valence-electron chi connectivity index (χ2n) is 6.73. The molecule has 8 nitrogen and oxygen atoms in total. The number of carbonyl (C=O) groups excluding carboxylic acids is 1. The van der Waals surface area contributed by atoms with E-state index in [0.29, 0.717) is 50.5 Å². The fourth-order valence-corrected chi connectivity index (χ4v) is 4.65. The van der Waals surface area contributed by atoms with Crippen LogP contribution < -0.4 is 15.0 Å². The van der Waals surface area contributed by atoms with Crippen LogP contribution >= 0.6 is 0 Å². The number of methoxy groups -OCH3 is 1. The van der Waals surface area contributed by atoms with Gasteiger partial charge in [0.15, 0.2) is 0 Å². The molecule has 0 aliphatic carbocycles. The van der Waals surface area contributed by atoms with Gasteiger partial charge in [-0.15, -0.1) is 0 Å². The Morgan fingerprint density at radius 1 is 1.10 bits per heavy atom. The highest BCUT2D eigenvalue weighted by molar-refractivity contribution is 7.89. The number of nitrogens with zero attached hydrogens (tertiary/aromatic N) is 3. The highest BCUT2D eigenvalue weighted by Gasteiger charge is 2.26. The van der Waals surface area contributed by atoms with E-state index < -0.39 is 10.0 Å². The van der Waals surface area contributed by atoms with E-state index in [0.717, 1.165) is 5.82 Å². The molecule has 2 aromatic rings. The molecule has 1 saturated heterocycles. The van der Waals surface area contributed by atoms with Crippen molar-refractivity contribution in [2.24, 2.45) is 0 Å². The molecule has 0 spiro atoms. The van der Waals surface area contributed by atoms with Gasteiger partial charge in [0, 0.05) is 44.5 Å². The molecule has 1 aromatic carbocycles. The molecular weight excluding hydrogens is 392 g/mol. The van der Waals surface area contributed by atoms with Crippen LogP contribution in [0.4, 0.5) is 5.82 Å². The van der Waals surface area contributed by atoms with Gasteiger partial charge in [0.25, 0.3) is 5.91 Å². The molecule has 1 fully saturated rings. The maximum Gasteiger partial charge on any atom is 0.251 e. The van der Waals surface area contributed by atoms with Gasteiger partial charge in [-0.05, 0) is 42.8 Å². The summed E-state index contributed by atoms with van der Waals surface area (Å²) < 4.78 is 31.7. The van der Waals surface area contributed by atoms with Gasteiger partial charge in [0.2, 0.25) is 10.0 Å². The number of pyridine rings is 1. The number of hydrogen-bond donors (Lipinski definition) is 1. The largest absolute Gasteiger partial charge is 0.497 e. The summed E-state index contributed by atoms with van der Waals surface area (Å²) in [5, 5.41) is 2.76. The van der Waals surface area contributed by atoms with E-state index in [-0.39, 0.29) is 11.7 Å². The van der Waals surface area contributed by atoms with Crippen molar-refractivity contribution in [1.82, 2.24) is 14.6 Å². The Morgan fingerprint density at radius 3 is 2.45 bits per heavy atom. The van der Waals surface area contributed by atoms with Crippen molar-refractivity contribution in [2.75, 3.05) is 50.5 Å². The third kappa shape index (κ3) is 5.68. The first-order valence-corrected chi connectivity index (χ1v) is 11.2. The number of hydrogen-bond acceptors (Lipinski definition) is 6. The third-order valence-electron chi connectivity index (χ3n) is 4.82. The Morgan fingerprint density at radius 2 is 1.83 bits per heavy atom. The Bertz CT molecular complexity index is 896. The first-order valence-electron chi connectivity index (χ1n) is 9.55. The molecule has 29 heavy (non-hydrogen) atoms. The Hall–Kier alpha value is -2.65. The molecule has 1 aromatic heterocycles. The monoisotopic (exact) mass is 418 g/mol. The quantitative estimate of drug-likeness (QED) is 0.651. The van der Waals surface area contributed by atoms with Gasteiger partial charge in [-0.2, -0.15) is 4.31 Å². The van der Waals surface area contributed by atoms with Gasteiger partial charge in [-0.25, -0.2) is 13.4 Å². The molecule has 1 N–H and O–H groups in total. The molecule has 0 atom stereocenters. The van der Waals surface area contributed by atoms with Crippen molar-refractivity contribution in [2.45, 2.75) is 6.42 Å². The standard InChI is InChI=1S/C20H26N4O4S/c1-28-18-8-6-17(7-9-18)20(25)22-11-4-16-29(26,27)24-14-12-23(13-15-24)19-5-2-3-10-21-19/h2-3,5-10H,4,11-16H2,1H3,(H,22,25). The highest BCUT2D eigenvalue weighted by Crippen LogP contribution is 2.15. The first-order chi connectivity index (χ1) is 14.0. The van der Waals surface area contributed by atoms with E-state index in [1.54, 1.807) is 37.6 Å². The SMILES string of the molecule is COc1ccc(C(=O)NCCCS(=O)(=O)N2CCN(c3ccccn3)CC2)cc1. The van der Waals surface area contributed by atoms with Gasteiger partial charge in [0.05, 0.1) is 12.9 Å². The number of rotatable bonds is 8. The van der Waals surface area contributed by atoms with E-state index in [1.165, 1.54) is 4.31 Å². The van der Waals surface area contributed by atoms with Crippen molar-refractivity contribution in [3.8, 4) is 5.75 Å². The van der Waals surface area contributed by atoms with E-state index in [4.69, 9.17) is 4.74 Å². The molecule has 2 heterocycles. The molecule has 0 radical (unpaired) electrons. The summed E-state index contributed by atoms with van der Waals surface area (Å²) in [5.74, 6) is 1.33. The second-order valence-corrected chi connectivity index (χ2v) is 8.82. The lowest BCUT2D eigenvalue weighted by Crippen LogP contribution is -2.49. The Balaban J connectivity index is 1.41. The predicted octanol–water partition coefficient (Wildman–Crippen LogP) is 1.36. The summed E-state index contributed by atoms with van der Waals surface area (Å²) in [5.41, 5.74) is 0.513. The number of sulfonamides is 1. The summed E-state index contributed by atoms with van der Waals surface area (Å²) in [6.07, 6.45) is 2.10. The van der Waals surface area contributed by atoms with Crippen molar-refractivity contribution in [3.63, 3.8) is 0 Å². The molecule has 3 rings (SSSR count). The fourth-order valence-electron chi connectivity index (χ4n) is 3.17. The molecule has 1 aliphatic rings. The minimum absolute atomic E-state index is 0.0134. The van der Waals surface area contributed by atoms with Crippen LogP contribution in [0.2, 0.25) is 0 Å². The number of carbonyl (C=O) groups is 1. The zero-order chi connectivity index (χ0) is 20.7. The fraction of sp³-hybridized carbons (Fsp3) is 0.400. The first kappa shape index (κ1) is 21.1. The van der Waals surface area contributed by atoms with Crippen LogP contribution in [0.25, 0.3) is 0 Å². The zero-order valence-electron chi connectivity index (χ0n) is 16.5. The van der Waals surface area contributed by atoms with Crippen LogP contribution in [0.15, 0.2) is 48.7 Å². The normalized spacial score (nSPS) is 15.1. The van der Waals surface area contributed by atoms with Gasteiger partial charge in [-0.3, -0.25) is 4.79 Å². The molecule has 9 heteroatoms. The second kappa shape index (κ2) is 9.71. The van der Waals surface area contributed by atoms with Crippen molar-refractivity contribution >= 4 is 21.7 Å². The average molecular weight is 419 g/mol. The number of piperazine rings is 1. The van der Waals surface area contributed by atoms with E-state index >= 15 is 0 Å². The smallest absolute Gasteiger partial charge is 0.251 e. The predicted molar refractivity (Wildman–Crippen MR) is 112 cm³/mol. The minimum Gasteiger partial charge on any atom is -0.497 e. The zero-order valence-corrected chi connectivity index (χ0v) is 17.3. The number of amides is 1. The summed E-state index contributed by atoms with van der Waals surface area (Å²) in [7, 11) is -1.78. The average Bonchev–Trinajstić information content (AvgIpc) is 2.77. The van der Waals surface area contributed by atoms with Crippen molar-refractivity contribution < 1.29 is 17.9 Å². The molecular formula is C20H26N4O4S. The van der Waals surface area contributed by atoms with Crippen LogP contribution in [-0.4, -0.2) is 69.2 Å².